The van der Waals surface area contributed by atoms with Crippen LogP contribution in [0, 0.1) is 28.1 Å². The molecule has 6 nitrogen and oxygen atoms in total. The fourth-order valence-corrected chi connectivity index (χ4v) is 4.29. The van der Waals surface area contributed by atoms with Crippen molar-refractivity contribution >= 4 is 5.87 Å². The summed E-state index contributed by atoms with van der Waals surface area (Å²) in [7, 11) is 0. The van der Waals surface area contributed by atoms with E-state index in [0.29, 0.717) is 5.56 Å². The topological polar surface area (TPSA) is 108 Å². The van der Waals surface area contributed by atoms with Crippen molar-refractivity contribution in [3.8, 4) is 12.1 Å². The third kappa shape index (κ3) is 3.47. The normalized spacial score (nSPS) is 22.1. The number of aliphatic hydroxyl groups is 1. The Labute approximate surface area is 186 Å². The number of nitriles is 2. The first-order valence-electron chi connectivity index (χ1n) is 10.0. The van der Waals surface area contributed by atoms with E-state index >= 15 is 0 Å². The second kappa shape index (κ2) is 8.71. The van der Waals surface area contributed by atoms with Gasteiger partial charge in [-0.05, 0) is 11.4 Å². The van der Waals surface area contributed by atoms with Crippen LogP contribution in [0.25, 0.3) is 0 Å². The lowest BCUT2D eigenvalue weighted by molar-refractivity contribution is -0.743. The lowest BCUT2D eigenvalue weighted by atomic mass is 9.73. The summed E-state index contributed by atoms with van der Waals surface area (Å²) in [6, 6.07) is 27.6. The molecular formula is C26H20N5O+. The Morgan fingerprint density at radius 3 is 2.09 bits per heavy atom. The van der Waals surface area contributed by atoms with Gasteiger partial charge in [0.2, 0.25) is 11.8 Å². The molecule has 32 heavy (non-hydrogen) atoms. The molecule has 2 aromatic carbocycles. The van der Waals surface area contributed by atoms with Gasteiger partial charge in [-0.2, -0.15) is 15.1 Å². The number of rotatable bonds is 4. The van der Waals surface area contributed by atoms with Gasteiger partial charge in [0.15, 0.2) is 12.4 Å². The Morgan fingerprint density at radius 2 is 1.53 bits per heavy atom. The van der Waals surface area contributed by atoms with E-state index in [4.69, 9.17) is 5.41 Å². The maximum atomic E-state index is 12.2. The quantitative estimate of drug-likeness (QED) is 0.343. The van der Waals surface area contributed by atoms with Crippen molar-refractivity contribution in [1.82, 2.24) is 5.32 Å². The van der Waals surface area contributed by atoms with E-state index < -0.39 is 17.7 Å². The molecule has 0 amide bonds. The van der Waals surface area contributed by atoms with Crippen molar-refractivity contribution in [1.29, 1.82) is 15.9 Å². The second-order valence-corrected chi connectivity index (χ2v) is 7.43. The Balaban J connectivity index is 2.10. The number of hydrogen-bond donors (Lipinski definition) is 3. The summed E-state index contributed by atoms with van der Waals surface area (Å²) >= 11 is 0. The minimum absolute atomic E-state index is 0.109. The first kappa shape index (κ1) is 20.8. The van der Waals surface area contributed by atoms with Crippen molar-refractivity contribution in [2.24, 2.45) is 0 Å². The molecule has 0 aliphatic carbocycles. The predicted molar refractivity (Wildman–Crippen MR) is 118 cm³/mol. The fourth-order valence-electron chi connectivity index (χ4n) is 4.29. The molecule has 154 valence electrons. The molecule has 0 saturated carbocycles. The molecule has 6 heteroatoms. The number of nitrogens with one attached hydrogen (secondary N) is 2. The van der Waals surface area contributed by atoms with Crippen molar-refractivity contribution in [3.05, 3.63) is 119 Å². The summed E-state index contributed by atoms with van der Waals surface area (Å²) in [6.07, 6.45) is 3.68. The summed E-state index contributed by atoms with van der Waals surface area (Å²) in [5.41, 5.74) is -0.0940. The summed E-state index contributed by atoms with van der Waals surface area (Å²) in [5.74, 6) is 1.51. The lowest BCUT2D eigenvalue weighted by Gasteiger charge is -2.42. The minimum atomic E-state index is -1.69. The highest BCUT2D eigenvalue weighted by molar-refractivity contribution is 5.71. The van der Waals surface area contributed by atoms with Crippen LogP contribution in [-0.2, 0) is 5.72 Å². The van der Waals surface area contributed by atoms with E-state index in [0.717, 1.165) is 5.56 Å². The molecule has 1 aromatic heterocycles. The largest absolute Gasteiger partial charge is 0.362 e. The van der Waals surface area contributed by atoms with Gasteiger partial charge >= 0.3 is 0 Å². The standard InChI is InChI=1S/C26H20N5O/c27-16-20(17-28)24-22(18-29)23(19-10-4-1-5-11-19)25(31-14-8-3-9-15-31)26(32,30-24)21-12-6-2-7-13-21/h1-15,23,25,27,30,32H/q+1/t23-,25-,26-/m1/s1. The third-order valence-electron chi connectivity index (χ3n) is 5.68. The van der Waals surface area contributed by atoms with Gasteiger partial charge < -0.3 is 10.4 Å². The molecule has 0 radical (unpaired) electrons. The van der Waals surface area contributed by atoms with Crippen LogP contribution in [0.15, 0.2) is 108 Å². The second-order valence-electron chi connectivity index (χ2n) is 7.43. The molecule has 3 N–H and O–H groups in total. The van der Waals surface area contributed by atoms with Crippen LogP contribution in [0.4, 0.5) is 0 Å². The van der Waals surface area contributed by atoms with Crippen molar-refractivity contribution in [2.75, 3.05) is 0 Å². The van der Waals surface area contributed by atoms with Crippen LogP contribution in [0.2, 0.25) is 0 Å². The maximum absolute atomic E-state index is 12.2. The lowest BCUT2D eigenvalue weighted by Crippen LogP contribution is -2.62. The number of hydrogen-bond acceptors (Lipinski definition) is 5. The van der Waals surface area contributed by atoms with Crippen LogP contribution in [0.5, 0.6) is 0 Å². The summed E-state index contributed by atoms with van der Waals surface area (Å²) in [6.45, 7) is 0. The molecule has 0 saturated heterocycles. The molecule has 3 atom stereocenters. The minimum Gasteiger partial charge on any atom is -0.362 e. The fraction of sp³-hybridized carbons (Fsp3) is 0.115. The predicted octanol–water partition coefficient (Wildman–Crippen LogP) is 3.22. The van der Waals surface area contributed by atoms with Gasteiger partial charge in [-0.3, -0.25) is 5.41 Å². The van der Waals surface area contributed by atoms with Crippen LogP contribution in [-0.4, -0.2) is 11.0 Å². The monoisotopic (exact) mass is 418 g/mol. The molecule has 2 heterocycles. The highest BCUT2D eigenvalue weighted by Gasteiger charge is 2.56. The van der Waals surface area contributed by atoms with E-state index in [-0.39, 0.29) is 16.8 Å². The van der Waals surface area contributed by atoms with Gasteiger partial charge in [0.1, 0.15) is 11.6 Å². The Kier molecular flexibility index (Phi) is 5.66. The molecule has 4 rings (SSSR count). The van der Waals surface area contributed by atoms with E-state index in [2.05, 4.69) is 17.3 Å². The Bertz CT molecular complexity index is 1280. The molecular weight excluding hydrogens is 398 g/mol. The van der Waals surface area contributed by atoms with Crippen LogP contribution in [0.3, 0.4) is 0 Å². The number of allylic oxidation sites excluding steroid dienone is 2. The first-order valence-corrected chi connectivity index (χ1v) is 10.0. The highest BCUT2D eigenvalue weighted by atomic mass is 16.3. The van der Waals surface area contributed by atoms with E-state index in [1.165, 1.54) is 0 Å². The van der Waals surface area contributed by atoms with Gasteiger partial charge in [-0.15, -0.1) is 0 Å². The zero-order chi connectivity index (χ0) is 22.6. The summed E-state index contributed by atoms with van der Waals surface area (Å²) in [4.78, 5) is 0. The SMILES string of the molecule is N#CC(=C=N)C1=C(C#N)[C@@H](c2ccccc2)[C@@H]([n+]2ccccc2)[C@](O)(c2ccccc2)N1. The van der Waals surface area contributed by atoms with E-state index in [1.54, 1.807) is 12.1 Å². The maximum Gasteiger partial charge on any atom is 0.227 e. The zero-order valence-electron chi connectivity index (χ0n) is 17.1. The van der Waals surface area contributed by atoms with Crippen molar-refractivity contribution < 1.29 is 9.67 Å². The van der Waals surface area contributed by atoms with Crippen LogP contribution in [0.1, 0.15) is 23.1 Å². The molecule has 0 bridgehead atoms. The van der Waals surface area contributed by atoms with E-state index in [9.17, 15) is 15.6 Å². The Hall–Kier alpha value is -4.48. The summed E-state index contributed by atoms with van der Waals surface area (Å²) in [5, 5.41) is 42.7. The average Bonchev–Trinajstić information content (AvgIpc) is 2.86. The van der Waals surface area contributed by atoms with Gasteiger partial charge in [0.25, 0.3) is 0 Å². The number of aromatic nitrogens is 1. The summed E-state index contributed by atoms with van der Waals surface area (Å²) < 4.78 is 1.87. The van der Waals surface area contributed by atoms with Crippen LogP contribution < -0.4 is 9.88 Å². The number of benzene rings is 2. The molecule has 0 unspecified atom stereocenters. The molecule has 1 aliphatic rings. The van der Waals surface area contributed by atoms with Crippen LogP contribution >= 0.6 is 0 Å². The average molecular weight is 418 g/mol. The smallest absolute Gasteiger partial charge is 0.227 e. The highest BCUT2D eigenvalue weighted by Crippen LogP contribution is 2.47. The van der Waals surface area contributed by atoms with Gasteiger partial charge in [0.05, 0.1) is 23.3 Å². The molecule has 0 fully saturated rings. The van der Waals surface area contributed by atoms with E-state index in [1.807, 2.05) is 89.8 Å². The van der Waals surface area contributed by atoms with Gasteiger partial charge in [0, 0.05) is 17.7 Å². The van der Waals surface area contributed by atoms with Crippen molar-refractivity contribution in [2.45, 2.75) is 17.7 Å². The van der Waals surface area contributed by atoms with Gasteiger partial charge in [-0.1, -0.05) is 66.7 Å². The Morgan fingerprint density at radius 1 is 0.938 bits per heavy atom. The number of pyridine rings is 1. The molecule has 3 aromatic rings. The first-order chi connectivity index (χ1) is 15.6. The third-order valence-corrected chi connectivity index (χ3v) is 5.68. The molecule has 0 spiro atoms. The van der Waals surface area contributed by atoms with Gasteiger partial charge in [-0.25, -0.2) is 0 Å². The van der Waals surface area contributed by atoms with Crippen molar-refractivity contribution in [3.63, 3.8) is 0 Å². The number of nitrogens with zero attached hydrogens (tertiary/aromatic N) is 3. The molecule has 1 aliphatic heterocycles. The zero-order valence-corrected chi connectivity index (χ0v) is 17.1.